The number of hydrogen-bond donors (Lipinski definition) is 0. The number of aldehydes is 1. The molecule has 0 aliphatic carbocycles. The Bertz CT molecular complexity index is 389. The van der Waals surface area contributed by atoms with Gasteiger partial charge in [0.1, 0.15) is 6.29 Å². The molecular formula is C19H28O. The van der Waals surface area contributed by atoms with Gasteiger partial charge in [-0.3, -0.25) is 4.79 Å². The molecule has 110 valence electrons. The van der Waals surface area contributed by atoms with Gasteiger partial charge < -0.3 is 0 Å². The molecular weight excluding hydrogens is 244 g/mol. The summed E-state index contributed by atoms with van der Waals surface area (Å²) in [5.41, 5.74) is 3.08. The average molecular weight is 272 g/mol. The molecule has 0 atom stereocenters. The summed E-state index contributed by atoms with van der Waals surface area (Å²) in [5, 5.41) is 0. The Morgan fingerprint density at radius 1 is 0.950 bits per heavy atom. The second-order valence-electron chi connectivity index (χ2n) is 5.57. The van der Waals surface area contributed by atoms with E-state index in [1.54, 1.807) is 0 Å². The van der Waals surface area contributed by atoms with Crippen LogP contribution in [0.2, 0.25) is 0 Å². The molecule has 0 bridgehead atoms. The summed E-state index contributed by atoms with van der Waals surface area (Å²) in [7, 11) is 0. The van der Waals surface area contributed by atoms with E-state index in [1.165, 1.54) is 62.5 Å². The first kappa shape index (κ1) is 16.7. The van der Waals surface area contributed by atoms with E-state index in [0.717, 1.165) is 18.3 Å². The minimum Gasteiger partial charge on any atom is -0.298 e. The summed E-state index contributed by atoms with van der Waals surface area (Å²) < 4.78 is 0. The van der Waals surface area contributed by atoms with Gasteiger partial charge in [0.15, 0.2) is 0 Å². The summed E-state index contributed by atoms with van der Waals surface area (Å²) in [4.78, 5) is 10.6. The zero-order valence-corrected chi connectivity index (χ0v) is 12.9. The maximum absolute atomic E-state index is 10.6. The van der Waals surface area contributed by atoms with Crippen molar-refractivity contribution in [3.05, 3.63) is 42.0 Å². The lowest BCUT2D eigenvalue weighted by molar-refractivity contribution is 0.112. The van der Waals surface area contributed by atoms with Crippen molar-refractivity contribution in [1.29, 1.82) is 0 Å². The van der Waals surface area contributed by atoms with Crippen molar-refractivity contribution in [2.45, 2.75) is 64.7 Å². The maximum Gasteiger partial charge on any atom is 0.150 e. The first-order valence-corrected chi connectivity index (χ1v) is 8.01. The van der Waals surface area contributed by atoms with E-state index in [0.29, 0.717) is 0 Å². The van der Waals surface area contributed by atoms with Gasteiger partial charge in [-0.15, -0.1) is 0 Å². The van der Waals surface area contributed by atoms with Crippen LogP contribution in [-0.2, 0) is 0 Å². The molecule has 0 radical (unpaired) electrons. The Kier molecular flexibility index (Phi) is 8.69. The fourth-order valence-electron chi connectivity index (χ4n) is 2.41. The number of benzene rings is 1. The van der Waals surface area contributed by atoms with E-state index in [-0.39, 0.29) is 0 Å². The molecule has 0 unspecified atom stereocenters. The van der Waals surface area contributed by atoms with Crippen molar-refractivity contribution in [2.24, 2.45) is 0 Å². The number of hydrogen-bond acceptors (Lipinski definition) is 1. The van der Waals surface area contributed by atoms with Crippen molar-refractivity contribution in [2.75, 3.05) is 0 Å². The van der Waals surface area contributed by atoms with Gasteiger partial charge in [0, 0.05) is 5.56 Å². The Morgan fingerprint density at radius 3 is 2.05 bits per heavy atom. The lowest BCUT2D eigenvalue weighted by Gasteiger charge is -2.06. The van der Waals surface area contributed by atoms with Gasteiger partial charge in [-0.2, -0.15) is 0 Å². The number of unbranched alkanes of at least 4 members (excludes halogenated alkanes) is 7. The number of carbonyl (C=O) groups is 1. The van der Waals surface area contributed by atoms with Crippen molar-refractivity contribution in [3.8, 4) is 0 Å². The van der Waals surface area contributed by atoms with E-state index in [4.69, 9.17) is 0 Å². The first-order chi connectivity index (χ1) is 9.77. The Balaban J connectivity index is 2.12. The predicted molar refractivity (Wildman–Crippen MR) is 88.1 cm³/mol. The van der Waals surface area contributed by atoms with Gasteiger partial charge in [-0.25, -0.2) is 0 Å². The molecule has 0 aromatic heterocycles. The first-order valence-electron chi connectivity index (χ1n) is 8.01. The molecule has 0 fully saturated rings. The molecule has 0 aliphatic heterocycles. The van der Waals surface area contributed by atoms with Crippen LogP contribution in [0.1, 0.15) is 80.6 Å². The molecule has 0 aliphatic rings. The fraction of sp³-hybridized carbons (Fsp3) is 0.526. The average Bonchev–Trinajstić information content (AvgIpc) is 2.50. The zero-order chi connectivity index (χ0) is 14.6. The van der Waals surface area contributed by atoms with Crippen LogP contribution >= 0.6 is 0 Å². The van der Waals surface area contributed by atoms with Crippen LogP contribution in [0.25, 0.3) is 5.57 Å². The minimum absolute atomic E-state index is 0.730. The molecule has 1 aromatic rings. The quantitative estimate of drug-likeness (QED) is 0.354. The second-order valence-corrected chi connectivity index (χ2v) is 5.57. The van der Waals surface area contributed by atoms with Crippen LogP contribution < -0.4 is 0 Å². The lowest BCUT2D eigenvalue weighted by atomic mass is 9.99. The van der Waals surface area contributed by atoms with E-state index in [9.17, 15) is 4.79 Å². The topological polar surface area (TPSA) is 17.1 Å². The highest BCUT2D eigenvalue weighted by atomic mass is 16.1. The third kappa shape index (κ3) is 6.70. The number of rotatable bonds is 11. The van der Waals surface area contributed by atoms with Gasteiger partial charge >= 0.3 is 0 Å². The largest absolute Gasteiger partial charge is 0.298 e. The van der Waals surface area contributed by atoms with Crippen molar-refractivity contribution < 1.29 is 4.79 Å². The monoisotopic (exact) mass is 272 g/mol. The summed E-state index contributed by atoms with van der Waals surface area (Å²) in [6.07, 6.45) is 12.7. The Hall–Kier alpha value is -1.37. The summed E-state index contributed by atoms with van der Waals surface area (Å²) in [6, 6.07) is 7.72. The van der Waals surface area contributed by atoms with Crippen molar-refractivity contribution >= 4 is 11.9 Å². The van der Waals surface area contributed by atoms with E-state index in [1.807, 2.05) is 24.3 Å². The second kappa shape index (κ2) is 10.4. The van der Waals surface area contributed by atoms with Crippen LogP contribution in [0.5, 0.6) is 0 Å². The van der Waals surface area contributed by atoms with Crippen LogP contribution in [0.4, 0.5) is 0 Å². The third-order valence-electron chi connectivity index (χ3n) is 3.79. The maximum atomic E-state index is 10.6. The van der Waals surface area contributed by atoms with Gasteiger partial charge in [-0.05, 0) is 24.0 Å². The van der Waals surface area contributed by atoms with E-state index in [2.05, 4.69) is 13.5 Å². The predicted octanol–water partition coefficient (Wildman–Crippen LogP) is 6.04. The normalized spacial score (nSPS) is 10.4. The molecule has 1 heteroatoms. The standard InChI is InChI=1S/C19H28O/c1-3-4-5-6-7-8-9-10-11-17(2)19-14-12-18(16-20)13-15-19/h12-16H,2-11H2,1H3. The zero-order valence-electron chi connectivity index (χ0n) is 12.9. The highest BCUT2D eigenvalue weighted by Crippen LogP contribution is 2.20. The molecule has 0 N–H and O–H groups in total. The SMILES string of the molecule is C=C(CCCCCCCCCC)c1ccc(C=O)cc1. The van der Waals surface area contributed by atoms with Crippen LogP contribution in [-0.4, -0.2) is 6.29 Å². The molecule has 0 heterocycles. The molecule has 1 rings (SSSR count). The highest BCUT2D eigenvalue weighted by Gasteiger charge is 1.99. The van der Waals surface area contributed by atoms with Crippen molar-refractivity contribution in [3.63, 3.8) is 0 Å². The van der Waals surface area contributed by atoms with Crippen LogP contribution in [0, 0.1) is 0 Å². The van der Waals surface area contributed by atoms with Gasteiger partial charge in [0.05, 0.1) is 0 Å². The molecule has 1 nitrogen and oxygen atoms in total. The van der Waals surface area contributed by atoms with Gasteiger partial charge in [0.25, 0.3) is 0 Å². The fourth-order valence-corrected chi connectivity index (χ4v) is 2.41. The molecule has 0 saturated heterocycles. The molecule has 1 aromatic carbocycles. The Morgan fingerprint density at radius 2 is 1.50 bits per heavy atom. The van der Waals surface area contributed by atoms with Gasteiger partial charge in [-0.1, -0.05) is 82.7 Å². The lowest BCUT2D eigenvalue weighted by Crippen LogP contribution is -1.86. The molecule has 20 heavy (non-hydrogen) atoms. The molecule has 0 amide bonds. The van der Waals surface area contributed by atoms with Gasteiger partial charge in [0.2, 0.25) is 0 Å². The number of allylic oxidation sites excluding steroid dienone is 1. The minimum atomic E-state index is 0.730. The van der Waals surface area contributed by atoms with Crippen molar-refractivity contribution in [1.82, 2.24) is 0 Å². The smallest absolute Gasteiger partial charge is 0.150 e. The molecule has 0 saturated carbocycles. The molecule has 0 spiro atoms. The Labute approximate surface area is 124 Å². The van der Waals surface area contributed by atoms with Crippen LogP contribution in [0.15, 0.2) is 30.8 Å². The highest BCUT2D eigenvalue weighted by molar-refractivity contribution is 5.76. The van der Waals surface area contributed by atoms with E-state index >= 15 is 0 Å². The summed E-state index contributed by atoms with van der Waals surface area (Å²) in [6.45, 7) is 6.41. The van der Waals surface area contributed by atoms with Crippen LogP contribution in [0.3, 0.4) is 0 Å². The summed E-state index contributed by atoms with van der Waals surface area (Å²) >= 11 is 0. The summed E-state index contributed by atoms with van der Waals surface area (Å²) in [5.74, 6) is 0. The van der Waals surface area contributed by atoms with E-state index < -0.39 is 0 Å². The number of carbonyl (C=O) groups excluding carboxylic acids is 1. The third-order valence-corrected chi connectivity index (χ3v) is 3.79.